The Morgan fingerprint density at radius 1 is 1.40 bits per heavy atom. The van der Waals surface area contributed by atoms with E-state index in [0.717, 1.165) is 5.69 Å². The minimum absolute atomic E-state index is 0.188. The van der Waals surface area contributed by atoms with Crippen molar-refractivity contribution in [1.82, 2.24) is 9.97 Å². The van der Waals surface area contributed by atoms with Crippen molar-refractivity contribution in [2.24, 2.45) is 5.92 Å². The first-order valence-electron chi connectivity index (χ1n) is 6.12. The van der Waals surface area contributed by atoms with E-state index >= 15 is 0 Å². The zero-order valence-corrected chi connectivity index (χ0v) is 14.7. The van der Waals surface area contributed by atoms with Crippen LogP contribution in [-0.4, -0.2) is 9.97 Å². The van der Waals surface area contributed by atoms with Gasteiger partial charge in [0.15, 0.2) is 0 Å². The van der Waals surface area contributed by atoms with Crippen LogP contribution in [0.25, 0.3) is 11.4 Å². The van der Waals surface area contributed by atoms with E-state index in [1.165, 1.54) is 12.1 Å². The van der Waals surface area contributed by atoms with Gasteiger partial charge < -0.3 is 4.98 Å². The molecule has 0 saturated carbocycles. The normalized spacial score (nSPS) is 11.1. The van der Waals surface area contributed by atoms with Gasteiger partial charge in [0.1, 0.15) is 11.6 Å². The third kappa shape index (κ3) is 3.66. The predicted molar refractivity (Wildman–Crippen MR) is 89.2 cm³/mol. The molecule has 0 spiro atoms. The Bertz CT molecular complexity index is 680. The molecule has 106 valence electrons. The van der Waals surface area contributed by atoms with Crippen LogP contribution in [0.5, 0.6) is 0 Å². The molecule has 6 heteroatoms. The third-order valence-corrected chi connectivity index (χ3v) is 4.24. The second-order valence-corrected chi connectivity index (χ2v) is 6.93. The molecule has 20 heavy (non-hydrogen) atoms. The largest absolute Gasteiger partial charge is 0.306 e. The first-order valence-corrected chi connectivity index (χ1v) is 7.99. The number of hydrogen-bond acceptors (Lipinski definition) is 2. The van der Waals surface area contributed by atoms with E-state index in [4.69, 9.17) is 0 Å². The van der Waals surface area contributed by atoms with Crippen LogP contribution in [0, 0.1) is 15.3 Å². The minimum atomic E-state index is -0.374. The van der Waals surface area contributed by atoms with Gasteiger partial charge in [-0.05, 0) is 53.1 Å². The number of aromatic amines is 1. The van der Waals surface area contributed by atoms with E-state index < -0.39 is 0 Å². The second kappa shape index (κ2) is 6.34. The fraction of sp³-hybridized carbons (Fsp3) is 0.286. The molecule has 0 aliphatic carbocycles. The Balaban J connectivity index is 2.57. The Morgan fingerprint density at radius 3 is 2.70 bits per heavy atom. The van der Waals surface area contributed by atoms with Gasteiger partial charge in [0.05, 0.1) is 9.26 Å². The lowest BCUT2D eigenvalue weighted by Crippen LogP contribution is -2.17. The van der Waals surface area contributed by atoms with Crippen LogP contribution >= 0.6 is 38.5 Å². The molecular formula is C14H13BrFIN2O. The minimum Gasteiger partial charge on any atom is -0.306 e. The summed E-state index contributed by atoms with van der Waals surface area (Å²) in [5.74, 6) is 0.414. The molecule has 0 saturated heterocycles. The highest BCUT2D eigenvalue weighted by atomic mass is 127. The highest BCUT2D eigenvalue weighted by Gasteiger charge is 2.12. The number of nitrogens with one attached hydrogen (secondary N) is 1. The summed E-state index contributed by atoms with van der Waals surface area (Å²) in [6.07, 6.45) is 0.714. The zero-order valence-electron chi connectivity index (χ0n) is 11.0. The molecule has 0 fully saturated rings. The fourth-order valence-electron chi connectivity index (χ4n) is 1.85. The summed E-state index contributed by atoms with van der Waals surface area (Å²) in [7, 11) is 0. The van der Waals surface area contributed by atoms with E-state index in [1.807, 2.05) is 22.6 Å². The monoisotopic (exact) mass is 450 g/mol. The van der Waals surface area contributed by atoms with Crippen molar-refractivity contribution in [3.05, 3.63) is 48.1 Å². The highest BCUT2D eigenvalue weighted by Crippen LogP contribution is 2.22. The number of rotatable bonds is 3. The summed E-state index contributed by atoms with van der Waals surface area (Å²) in [5, 5.41) is 0. The SMILES string of the molecule is CC(C)Cc1nc(-c2cc(F)cc(Br)c2)[nH]c(=O)c1I. The Morgan fingerprint density at radius 2 is 2.10 bits per heavy atom. The quantitative estimate of drug-likeness (QED) is 0.714. The van der Waals surface area contributed by atoms with Gasteiger partial charge in [0.25, 0.3) is 5.56 Å². The molecule has 0 radical (unpaired) electrons. The van der Waals surface area contributed by atoms with Gasteiger partial charge >= 0.3 is 0 Å². The molecule has 3 nitrogen and oxygen atoms in total. The van der Waals surface area contributed by atoms with Crippen molar-refractivity contribution in [3.8, 4) is 11.4 Å². The average Bonchev–Trinajstić information content (AvgIpc) is 2.32. The van der Waals surface area contributed by atoms with Crippen LogP contribution in [0.2, 0.25) is 0 Å². The van der Waals surface area contributed by atoms with E-state index in [9.17, 15) is 9.18 Å². The van der Waals surface area contributed by atoms with Crippen LogP contribution in [0.3, 0.4) is 0 Å². The average molecular weight is 451 g/mol. The van der Waals surface area contributed by atoms with E-state index in [1.54, 1.807) is 6.07 Å². The molecular weight excluding hydrogens is 438 g/mol. The molecule has 0 aliphatic heterocycles. The molecule has 2 aromatic rings. The summed E-state index contributed by atoms with van der Waals surface area (Å²) in [6, 6.07) is 4.45. The second-order valence-electron chi connectivity index (χ2n) is 4.93. The number of H-pyrrole nitrogens is 1. The maximum Gasteiger partial charge on any atom is 0.264 e. The number of nitrogens with zero attached hydrogens (tertiary/aromatic N) is 1. The first-order chi connectivity index (χ1) is 9.36. The topological polar surface area (TPSA) is 45.8 Å². The summed E-state index contributed by atoms with van der Waals surface area (Å²) < 4.78 is 14.7. The van der Waals surface area contributed by atoms with Crippen molar-refractivity contribution in [1.29, 1.82) is 0 Å². The van der Waals surface area contributed by atoms with Gasteiger partial charge in [-0.2, -0.15) is 0 Å². The van der Waals surface area contributed by atoms with Crippen molar-refractivity contribution < 1.29 is 4.39 Å². The Labute approximate surface area is 138 Å². The number of benzene rings is 1. The van der Waals surface area contributed by atoms with Gasteiger partial charge in [-0.15, -0.1) is 0 Å². The van der Waals surface area contributed by atoms with Crippen molar-refractivity contribution >= 4 is 38.5 Å². The Kier molecular flexibility index (Phi) is 4.95. The molecule has 1 N–H and O–H groups in total. The maximum atomic E-state index is 13.5. The Hall–Kier alpha value is -0.760. The van der Waals surface area contributed by atoms with Crippen LogP contribution in [0.15, 0.2) is 27.5 Å². The molecule has 0 aliphatic rings. The summed E-state index contributed by atoms with van der Waals surface area (Å²) >= 11 is 5.24. The van der Waals surface area contributed by atoms with Gasteiger partial charge in [0.2, 0.25) is 0 Å². The molecule has 1 aromatic heterocycles. The molecule has 0 amide bonds. The lowest BCUT2D eigenvalue weighted by molar-refractivity contribution is 0.625. The highest BCUT2D eigenvalue weighted by molar-refractivity contribution is 14.1. The van der Waals surface area contributed by atoms with E-state index in [-0.39, 0.29) is 11.4 Å². The van der Waals surface area contributed by atoms with Gasteiger partial charge in [-0.3, -0.25) is 4.79 Å². The molecule has 0 atom stereocenters. The lowest BCUT2D eigenvalue weighted by atomic mass is 10.1. The first kappa shape index (κ1) is 15.6. The maximum absolute atomic E-state index is 13.5. The standard InChI is InChI=1S/C14H13BrFIN2O/c1-7(2)3-11-12(17)14(20)19-13(18-11)8-4-9(15)6-10(16)5-8/h4-7H,3H2,1-2H3,(H,18,19,20). The van der Waals surface area contributed by atoms with Crippen LogP contribution in [-0.2, 0) is 6.42 Å². The molecule has 0 unspecified atom stereocenters. The zero-order chi connectivity index (χ0) is 14.9. The van der Waals surface area contributed by atoms with Crippen LogP contribution < -0.4 is 5.56 Å². The lowest BCUT2D eigenvalue weighted by Gasteiger charge is -2.09. The smallest absolute Gasteiger partial charge is 0.264 e. The molecule has 1 aromatic carbocycles. The van der Waals surface area contributed by atoms with E-state index in [2.05, 4.69) is 39.7 Å². The van der Waals surface area contributed by atoms with E-state index in [0.29, 0.717) is 31.8 Å². The number of aromatic nitrogens is 2. The summed E-state index contributed by atoms with van der Waals surface area (Å²) in [4.78, 5) is 19.2. The summed E-state index contributed by atoms with van der Waals surface area (Å²) in [6.45, 7) is 4.13. The van der Waals surface area contributed by atoms with Gasteiger partial charge in [0, 0.05) is 10.0 Å². The van der Waals surface area contributed by atoms with Crippen molar-refractivity contribution in [2.75, 3.05) is 0 Å². The predicted octanol–water partition coefficient (Wildman–Crippen LogP) is 4.14. The molecule has 2 rings (SSSR count). The molecule has 1 heterocycles. The van der Waals surface area contributed by atoms with Crippen molar-refractivity contribution in [3.63, 3.8) is 0 Å². The summed E-state index contributed by atoms with van der Waals surface area (Å²) in [5.41, 5.74) is 1.11. The van der Waals surface area contributed by atoms with Crippen LogP contribution in [0.1, 0.15) is 19.5 Å². The fourth-order valence-corrected chi connectivity index (χ4v) is 2.80. The number of halogens is 3. The third-order valence-electron chi connectivity index (χ3n) is 2.67. The van der Waals surface area contributed by atoms with Crippen molar-refractivity contribution in [2.45, 2.75) is 20.3 Å². The van der Waals surface area contributed by atoms with Gasteiger partial charge in [-0.25, -0.2) is 9.37 Å². The molecule has 0 bridgehead atoms. The van der Waals surface area contributed by atoms with Gasteiger partial charge in [-0.1, -0.05) is 29.8 Å². The number of hydrogen-bond donors (Lipinski definition) is 1. The van der Waals surface area contributed by atoms with Crippen LogP contribution in [0.4, 0.5) is 4.39 Å².